The molecule has 2 aromatic heterocycles. The molecule has 6 nitrogen and oxygen atoms in total. The molecule has 0 aliphatic carbocycles. The Morgan fingerprint density at radius 2 is 2.08 bits per heavy atom. The van der Waals surface area contributed by atoms with Crippen molar-refractivity contribution in [2.24, 2.45) is 5.10 Å². The number of pyridine rings is 1. The van der Waals surface area contributed by atoms with E-state index in [1.54, 1.807) is 17.0 Å². The van der Waals surface area contributed by atoms with E-state index in [1.807, 2.05) is 36.5 Å². The number of nitrogens with zero attached hydrogens (tertiary/aromatic N) is 5. The fourth-order valence-corrected chi connectivity index (χ4v) is 2.71. The molecule has 0 radical (unpaired) electrons. The molecule has 3 rings (SSSR count). The van der Waals surface area contributed by atoms with Gasteiger partial charge in [-0.25, -0.2) is 4.98 Å². The topological polar surface area (TPSA) is 78.9 Å². The maximum Gasteiger partial charge on any atom is 0.165 e. The lowest BCUT2D eigenvalue weighted by Gasteiger charge is -2.02. The van der Waals surface area contributed by atoms with Crippen molar-refractivity contribution in [1.29, 1.82) is 5.26 Å². The number of hydrazone groups is 1. The predicted octanol–water partition coefficient (Wildman–Crippen LogP) is 4.61. The lowest BCUT2D eigenvalue weighted by Crippen LogP contribution is -1.97. The Bertz CT molecular complexity index is 960. The second kappa shape index (κ2) is 8.48. The van der Waals surface area contributed by atoms with E-state index in [4.69, 9.17) is 28.5 Å². The highest BCUT2D eigenvalue weighted by atomic mass is 35.5. The van der Waals surface area contributed by atoms with Gasteiger partial charge in [0.1, 0.15) is 5.69 Å². The standard InChI is InChI=1S/C18H14Cl2N6/c19-15-9-16(20)18(22-11-15)24-23-10-14-12-26(8-4-7-21)25-17(14)13-5-2-1-3-6-13/h1-3,5-6,9-12H,4,8H2,(H,22,24)/b23-10-. The number of anilines is 1. The average Bonchev–Trinajstić information content (AvgIpc) is 3.05. The van der Waals surface area contributed by atoms with E-state index < -0.39 is 0 Å². The third-order valence-corrected chi connectivity index (χ3v) is 3.97. The van der Waals surface area contributed by atoms with Crippen LogP contribution in [0.1, 0.15) is 12.0 Å². The number of hydrogen-bond acceptors (Lipinski definition) is 5. The van der Waals surface area contributed by atoms with Crippen molar-refractivity contribution in [2.45, 2.75) is 13.0 Å². The minimum absolute atomic E-state index is 0.377. The molecule has 0 saturated carbocycles. The highest BCUT2D eigenvalue weighted by Crippen LogP contribution is 2.23. The molecule has 0 atom stereocenters. The van der Waals surface area contributed by atoms with Gasteiger partial charge in [-0.05, 0) is 6.07 Å². The third kappa shape index (κ3) is 4.39. The molecule has 8 heteroatoms. The summed E-state index contributed by atoms with van der Waals surface area (Å²) in [4.78, 5) is 4.09. The van der Waals surface area contributed by atoms with E-state index in [1.165, 1.54) is 6.20 Å². The summed E-state index contributed by atoms with van der Waals surface area (Å²) in [6, 6.07) is 13.5. The fraction of sp³-hybridized carbons (Fsp3) is 0.111. The maximum atomic E-state index is 8.78. The van der Waals surface area contributed by atoms with E-state index >= 15 is 0 Å². The summed E-state index contributed by atoms with van der Waals surface area (Å²) in [5, 5.41) is 18.4. The average molecular weight is 385 g/mol. The number of benzene rings is 1. The lowest BCUT2D eigenvalue weighted by molar-refractivity contribution is 0.629. The van der Waals surface area contributed by atoms with Crippen LogP contribution in [0.2, 0.25) is 10.0 Å². The van der Waals surface area contributed by atoms with E-state index in [0.717, 1.165) is 16.8 Å². The van der Waals surface area contributed by atoms with Crippen molar-refractivity contribution >= 4 is 35.2 Å². The first-order chi connectivity index (χ1) is 12.7. The summed E-state index contributed by atoms with van der Waals surface area (Å²) < 4.78 is 1.74. The zero-order valence-electron chi connectivity index (χ0n) is 13.6. The van der Waals surface area contributed by atoms with Gasteiger partial charge >= 0.3 is 0 Å². The SMILES string of the molecule is N#CCCn1cc(/C=N\Nc2ncc(Cl)cc2Cl)c(-c2ccccc2)n1. The molecule has 0 spiro atoms. The van der Waals surface area contributed by atoms with Crippen molar-refractivity contribution in [1.82, 2.24) is 14.8 Å². The van der Waals surface area contributed by atoms with E-state index in [9.17, 15) is 0 Å². The zero-order chi connectivity index (χ0) is 18.4. The Morgan fingerprint density at radius 1 is 1.27 bits per heavy atom. The number of rotatable bonds is 6. The largest absolute Gasteiger partial charge is 0.270 e. The third-order valence-electron chi connectivity index (χ3n) is 3.47. The van der Waals surface area contributed by atoms with Gasteiger partial charge in [0, 0.05) is 23.5 Å². The lowest BCUT2D eigenvalue weighted by atomic mass is 10.1. The molecule has 130 valence electrons. The van der Waals surface area contributed by atoms with Crippen LogP contribution in [-0.4, -0.2) is 21.0 Å². The first-order valence-corrected chi connectivity index (χ1v) is 8.53. The molecule has 1 aromatic carbocycles. The summed E-state index contributed by atoms with van der Waals surface area (Å²) in [6.07, 6.45) is 5.36. The fourth-order valence-electron chi connectivity index (χ4n) is 2.29. The molecule has 2 heterocycles. The van der Waals surface area contributed by atoms with Crippen LogP contribution in [-0.2, 0) is 6.54 Å². The van der Waals surface area contributed by atoms with Crippen molar-refractivity contribution in [3.8, 4) is 17.3 Å². The van der Waals surface area contributed by atoms with Crippen molar-refractivity contribution < 1.29 is 0 Å². The second-order valence-electron chi connectivity index (χ2n) is 5.32. The number of aromatic nitrogens is 3. The summed E-state index contributed by atoms with van der Waals surface area (Å²) in [6.45, 7) is 0.516. The summed E-state index contributed by atoms with van der Waals surface area (Å²) in [5.74, 6) is 0.408. The van der Waals surface area contributed by atoms with Gasteiger partial charge < -0.3 is 0 Å². The number of halogens is 2. The van der Waals surface area contributed by atoms with Gasteiger partial charge in [-0.2, -0.15) is 15.5 Å². The van der Waals surface area contributed by atoms with Gasteiger partial charge in [-0.3, -0.25) is 10.1 Å². The summed E-state index contributed by atoms with van der Waals surface area (Å²) >= 11 is 11.9. The van der Waals surface area contributed by atoms with Gasteiger partial charge in [-0.1, -0.05) is 53.5 Å². The van der Waals surface area contributed by atoms with Gasteiger partial charge in [0.15, 0.2) is 5.82 Å². The first kappa shape index (κ1) is 17.9. The Labute approximate surface area is 160 Å². The molecule has 0 amide bonds. The number of nitrogens with one attached hydrogen (secondary N) is 1. The maximum absolute atomic E-state index is 8.78. The van der Waals surface area contributed by atoms with Crippen LogP contribution in [0.15, 0.2) is 53.9 Å². The molecule has 0 fully saturated rings. The predicted molar refractivity (Wildman–Crippen MR) is 103 cm³/mol. The van der Waals surface area contributed by atoms with Gasteiger partial charge in [0.25, 0.3) is 0 Å². The quantitative estimate of drug-likeness (QED) is 0.496. The van der Waals surface area contributed by atoms with Crippen LogP contribution in [0.3, 0.4) is 0 Å². The van der Waals surface area contributed by atoms with Gasteiger partial charge in [0.05, 0.1) is 35.3 Å². The van der Waals surface area contributed by atoms with E-state index in [0.29, 0.717) is 28.8 Å². The first-order valence-electron chi connectivity index (χ1n) is 7.77. The molecular formula is C18H14Cl2N6. The molecule has 0 unspecified atom stereocenters. The molecule has 0 bridgehead atoms. The van der Waals surface area contributed by atoms with Gasteiger partial charge in [0.2, 0.25) is 0 Å². The molecular weight excluding hydrogens is 371 g/mol. The van der Waals surface area contributed by atoms with Crippen LogP contribution in [0.25, 0.3) is 11.3 Å². The number of aryl methyl sites for hydroxylation is 1. The highest BCUT2D eigenvalue weighted by molar-refractivity contribution is 6.35. The Kier molecular flexibility index (Phi) is 5.84. The van der Waals surface area contributed by atoms with Crippen LogP contribution >= 0.6 is 23.2 Å². The van der Waals surface area contributed by atoms with Crippen molar-refractivity contribution in [3.05, 3.63) is 64.4 Å². The van der Waals surface area contributed by atoms with Crippen LogP contribution in [0.5, 0.6) is 0 Å². The van der Waals surface area contributed by atoms with Crippen LogP contribution in [0.4, 0.5) is 5.82 Å². The number of hydrogen-bond donors (Lipinski definition) is 1. The Balaban J connectivity index is 1.85. The number of nitriles is 1. The van der Waals surface area contributed by atoms with Crippen LogP contribution in [0, 0.1) is 11.3 Å². The minimum atomic E-state index is 0.377. The molecule has 0 saturated heterocycles. The minimum Gasteiger partial charge on any atom is -0.270 e. The Hall–Kier alpha value is -2.88. The molecule has 26 heavy (non-hydrogen) atoms. The Morgan fingerprint density at radius 3 is 2.81 bits per heavy atom. The monoisotopic (exact) mass is 384 g/mol. The van der Waals surface area contributed by atoms with Crippen LogP contribution < -0.4 is 5.43 Å². The molecule has 1 N–H and O–H groups in total. The highest BCUT2D eigenvalue weighted by Gasteiger charge is 2.10. The molecule has 0 aliphatic rings. The summed E-state index contributed by atoms with van der Waals surface area (Å²) in [7, 11) is 0. The van der Waals surface area contributed by atoms with Crippen molar-refractivity contribution in [2.75, 3.05) is 5.43 Å². The normalized spacial score (nSPS) is 10.8. The zero-order valence-corrected chi connectivity index (χ0v) is 15.1. The van der Waals surface area contributed by atoms with Crippen molar-refractivity contribution in [3.63, 3.8) is 0 Å². The summed E-state index contributed by atoms with van der Waals surface area (Å²) in [5.41, 5.74) is 5.36. The van der Waals surface area contributed by atoms with E-state index in [2.05, 4.69) is 26.7 Å². The van der Waals surface area contributed by atoms with E-state index in [-0.39, 0.29) is 0 Å². The van der Waals surface area contributed by atoms with Gasteiger partial charge in [-0.15, -0.1) is 0 Å². The second-order valence-corrected chi connectivity index (χ2v) is 6.17. The molecule has 0 aliphatic heterocycles. The molecule has 3 aromatic rings. The smallest absolute Gasteiger partial charge is 0.165 e.